The molecule has 1 aromatic rings. The highest BCUT2D eigenvalue weighted by molar-refractivity contribution is 6.31. The summed E-state index contributed by atoms with van der Waals surface area (Å²) in [5, 5.41) is 0.0903. The number of nitrogen functional groups attached to an aromatic ring is 1. The number of nitrogens with zero attached hydrogens (tertiary/aromatic N) is 1. The molecule has 0 amide bonds. The van der Waals surface area contributed by atoms with E-state index in [-0.39, 0.29) is 5.02 Å². The average molecular weight is 243 g/mol. The van der Waals surface area contributed by atoms with Gasteiger partial charge >= 0.3 is 0 Å². The highest BCUT2D eigenvalue weighted by Crippen LogP contribution is 2.33. The quantitative estimate of drug-likeness (QED) is 0.807. The van der Waals surface area contributed by atoms with Gasteiger partial charge in [0.25, 0.3) is 0 Å². The molecule has 0 bridgehead atoms. The van der Waals surface area contributed by atoms with Gasteiger partial charge in [0.05, 0.1) is 16.4 Å². The molecule has 2 rings (SSSR count). The van der Waals surface area contributed by atoms with Gasteiger partial charge < -0.3 is 10.6 Å². The minimum Gasteiger partial charge on any atom is -0.397 e. The predicted molar refractivity (Wildman–Crippen MR) is 66.4 cm³/mol. The number of benzene rings is 1. The summed E-state index contributed by atoms with van der Waals surface area (Å²) in [4.78, 5) is 2.14. The van der Waals surface area contributed by atoms with Crippen LogP contribution in [0.3, 0.4) is 0 Å². The van der Waals surface area contributed by atoms with Crippen molar-refractivity contribution in [3.05, 3.63) is 23.0 Å². The Bertz CT molecular complexity index is 395. The molecule has 1 aromatic carbocycles. The Balaban J connectivity index is 2.24. The number of hydrogen-bond donors (Lipinski definition) is 1. The lowest BCUT2D eigenvalue weighted by Gasteiger charge is -2.20. The maximum absolute atomic E-state index is 13.4. The van der Waals surface area contributed by atoms with Crippen molar-refractivity contribution in [3.8, 4) is 0 Å². The highest BCUT2D eigenvalue weighted by Gasteiger charge is 2.23. The van der Waals surface area contributed by atoms with Crippen LogP contribution in [0.2, 0.25) is 5.02 Å². The first-order chi connectivity index (χ1) is 7.61. The van der Waals surface area contributed by atoms with Crippen molar-refractivity contribution in [2.45, 2.75) is 19.8 Å². The first-order valence-corrected chi connectivity index (χ1v) is 5.99. The molecule has 1 heterocycles. The molecule has 1 unspecified atom stereocenters. The van der Waals surface area contributed by atoms with Gasteiger partial charge in [-0.3, -0.25) is 0 Å². The van der Waals surface area contributed by atoms with Gasteiger partial charge in [0.1, 0.15) is 5.82 Å². The van der Waals surface area contributed by atoms with Crippen LogP contribution >= 0.6 is 11.6 Å². The van der Waals surface area contributed by atoms with Crippen molar-refractivity contribution in [2.75, 3.05) is 23.7 Å². The third-order valence-electron chi connectivity index (χ3n) is 3.27. The topological polar surface area (TPSA) is 29.3 Å². The van der Waals surface area contributed by atoms with E-state index >= 15 is 0 Å². The molecule has 0 aromatic heterocycles. The lowest BCUT2D eigenvalue weighted by atomic mass is 10.1. The molecule has 2 nitrogen and oxygen atoms in total. The lowest BCUT2D eigenvalue weighted by molar-refractivity contribution is 0.569. The van der Waals surface area contributed by atoms with E-state index in [2.05, 4.69) is 11.8 Å². The fraction of sp³-hybridized carbons (Fsp3) is 0.500. The van der Waals surface area contributed by atoms with Crippen LogP contribution < -0.4 is 10.6 Å². The molecule has 2 N–H and O–H groups in total. The van der Waals surface area contributed by atoms with Crippen LogP contribution in [0.25, 0.3) is 0 Å². The number of halogens is 2. The van der Waals surface area contributed by atoms with E-state index in [0.717, 1.165) is 31.6 Å². The van der Waals surface area contributed by atoms with Gasteiger partial charge in [-0.25, -0.2) is 4.39 Å². The summed E-state index contributed by atoms with van der Waals surface area (Å²) in [5.41, 5.74) is 7.20. The zero-order chi connectivity index (χ0) is 11.7. The largest absolute Gasteiger partial charge is 0.397 e. The molecule has 1 aliphatic heterocycles. The molecule has 1 saturated heterocycles. The van der Waals surface area contributed by atoms with Gasteiger partial charge in [-0.05, 0) is 18.4 Å². The Morgan fingerprint density at radius 3 is 2.94 bits per heavy atom. The Kier molecular flexibility index (Phi) is 3.24. The molecule has 1 aliphatic rings. The number of rotatable bonds is 2. The normalized spacial score (nSPS) is 20.4. The molecular formula is C12H16ClFN2. The Labute approximate surface area is 100 Å². The van der Waals surface area contributed by atoms with Gasteiger partial charge in [0, 0.05) is 19.2 Å². The summed E-state index contributed by atoms with van der Waals surface area (Å²) in [6.07, 6.45) is 2.31. The lowest BCUT2D eigenvalue weighted by Crippen LogP contribution is -2.20. The van der Waals surface area contributed by atoms with Gasteiger partial charge in [0.2, 0.25) is 0 Å². The van der Waals surface area contributed by atoms with E-state index in [0.29, 0.717) is 11.6 Å². The monoisotopic (exact) mass is 242 g/mol. The summed E-state index contributed by atoms with van der Waals surface area (Å²) in [7, 11) is 0. The molecule has 0 saturated carbocycles. The molecule has 0 spiro atoms. The number of anilines is 2. The molecular weight excluding hydrogens is 227 g/mol. The van der Waals surface area contributed by atoms with E-state index in [4.69, 9.17) is 17.3 Å². The molecule has 0 radical (unpaired) electrons. The minimum atomic E-state index is -0.397. The van der Waals surface area contributed by atoms with Crippen LogP contribution in [0, 0.1) is 11.7 Å². The average Bonchev–Trinajstić information content (AvgIpc) is 2.71. The van der Waals surface area contributed by atoms with Crippen LogP contribution in [0.15, 0.2) is 12.1 Å². The van der Waals surface area contributed by atoms with E-state index in [1.54, 1.807) is 0 Å². The fourth-order valence-corrected chi connectivity index (χ4v) is 2.38. The molecule has 1 atom stereocenters. The van der Waals surface area contributed by atoms with Gasteiger partial charge in [-0.2, -0.15) is 0 Å². The smallest absolute Gasteiger partial charge is 0.144 e. The zero-order valence-corrected chi connectivity index (χ0v) is 10.1. The van der Waals surface area contributed by atoms with Crippen LogP contribution in [0.4, 0.5) is 15.8 Å². The Morgan fingerprint density at radius 2 is 2.31 bits per heavy atom. The van der Waals surface area contributed by atoms with Gasteiger partial charge in [0.15, 0.2) is 0 Å². The van der Waals surface area contributed by atoms with Crippen molar-refractivity contribution < 1.29 is 4.39 Å². The van der Waals surface area contributed by atoms with Crippen molar-refractivity contribution in [3.63, 3.8) is 0 Å². The summed E-state index contributed by atoms with van der Waals surface area (Å²) in [5.74, 6) is 0.295. The first kappa shape index (κ1) is 11.5. The van der Waals surface area contributed by atoms with Crippen LogP contribution in [-0.2, 0) is 0 Å². The fourth-order valence-electron chi connectivity index (χ4n) is 2.21. The van der Waals surface area contributed by atoms with Crippen molar-refractivity contribution in [2.24, 2.45) is 5.92 Å². The molecule has 88 valence electrons. The first-order valence-electron chi connectivity index (χ1n) is 5.61. The summed E-state index contributed by atoms with van der Waals surface area (Å²) >= 11 is 5.68. The summed E-state index contributed by atoms with van der Waals surface area (Å²) in [6.45, 7) is 4.09. The van der Waals surface area contributed by atoms with Crippen molar-refractivity contribution >= 4 is 23.0 Å². The SMILES string of the molecule is CCC1CCN(c2cc(F)c(Cl)cc2N)C1. The number of nitrogens with two attached hydrogens (primary N) is 1. The van der Waals surface area contributed by atoms with E-state index in [1.807, 2.05) is 0 Å². The second-order valence-electron chi connectivity index (χ2n) is 4.33. The highest BCUT2D eigenvalue weighted by atomic mass is 35.5. The third-order valence-corrected chi connectivity index (χ3v) is 3.56. The molecule has 4 heteroatoms. The molecule has 16 heavy (non-hydrogen) atoms. The number of hydrogen-bond acceptors (Lipinski definition) is 2. The van der Waals surface area contributed by atoms with E-state index in [9.17, 15) is 4.39 Å². The van der Waals surface area contributed by atoms with Gasteiger partial charge in [-0.15, -0.1) is 0 Å². The van der Waals surface area contributed by atoms with Crippen molar-refractivity contribution in [1.29, 1.82) is 0 Å². The second kappa shape index (κ2) is 4.50. The maximum atomic E-state index is 13.4. The third kappa shape index (κ3) is 2.09. The Hall–Kier alpha value is -0.960. The standard InChI is InChI=1S/C12H16ClFN2/c1-2-8-3-4-16(7-8)12-6-10(14)9(13)5-11(12)15/h5-6,8H,2-4,7,15H2,1H3. The van der Waals surface area contributed by atoms with E-state index in [1.165, 1.54) is 12.1 Å². The van der Waals surface area contributed by atoms with Gasteiger partial charge in [-0.1, -0.05) is 24.9 Å². The zero-order valence-electron chi connectivity index (χ0n) is 9.34. The summed E-state index contributed by atoms with van der Waals surface area (Å²) in [6, 6.07) is 2.93. The second-order valence-corrected chi connectivity index (χ2v) is 4.74. The van der Waals surface area contributed by atoms with Crippen molar-refractivity contribution in [1.82, 2.24) is 0 Å². The minimum absolute atomic E-state index is 0.0903. The Morgan fingerprint density at radius 1 is 1.56 bits per heavy atom. The predicted octanol–water partition coefficient (Wildman–Crippen LogP) is 3.30. The maximum Gasteiger partial charge on any atom is 0.144 e. The molecule has 0 aliphatic carbocycles. The van der Waals surface area contributed by atoms with Crippen LogP contribution in [-0.4, -0.2) is 13.1 Å². The van der Waals surface area contributed by atoms with Crippen LogP contribution in [0.5, 0.6) is 0 Å². The van der Waals surface area contributed by atoms with Crippen LogP contribution in [0.1, 0.15) is 19.8 Å². The van der Waals surface area contributed by atoms with E-state index < -0.39 is 5.82 Å². The molecule has 1 fully saturated rings. The summed E-state index contributed by atoms with van der Waals surface area (Å²) < 4.78 is 13.4.